The van der Waals surface area contributed by atoms with Gasteiger partial charge in [-0.15, -0.1) is 0 Å². The van der Waals surface area contributed by atoms with Crippen LogP contribution in [0.5, 0.6) is 0 Å². The minimum atomic E-state index is 0.297. The number of nitrogens with two attached hydrogens (primary N) is 1. The smallest absolute Gasteiger partial charge is 0.158 e. The van der Waals surface area contributed by atoms with E-state index in [4.69, 9.17) is 15.3 Å². The van der Waals surface area contributed by atoms with Crippen LogP contribution in [-0.2, 0) is 16.1 Å². The Morgan fingerprint density at radius 3 is 2.58 bits per heavy atom. The third-order valence-corrected chi connectivity index (χ3v) is 2.63. The molecular weight excluding hydrogens is 246 g/mol. The fourth-order valence-electron chi connectivity index (χ4n) is 1.72. The van der Waals surface area contributed by atoms with E-state index in [9.17, 15) is 0 Å². The first-order valence-electron chi connectivity index (χ1n) is 6.21. The van der Waals surface area contributed by atoms with Crippen LogP contribution in [0.1, 0.15) is 19.7 Å². The van der Waals surface area contributed by atoms with Gasteiger partial charge in [0, 0.05) is 32.9 Å². The van der Waals surface area contributed by atoms with Crippen molar-refractivity contribution in [1.82, 2.24) is 9.97 Å². The molecule has 0 bridgehead atoms. The standard InChI is InChI=1S/C12H23N5O2/c1-9(2)17(5-6-18-3)12-7-10(16-13)14-11(15-12)8-19-4/h7,9H,5-6,8,13H2,1-4H3,(H,14,15,16). The summed E-state index contributed by atoms with van der Waals surface area (Å²) in [5.74, 6) is 7.41. The minimum Gasteiger partial charge on any atom is -0.383 e. The normalized spacial score (nSPS) is 10.8. The highest BCUT2D eigenvalue weighted by Gasteiger charge is 2.14. The molecule has 1 aromatic heterocycles. The van der Waals surface area contributed by atoms with Crippen molar-refractivity contribution in [2.75, 3.05) is 37.7 Å². The van der Waals surface area contributed by atoms with E-state index in [2.05, 4.69) is 34.1 Å². The minimum absolute atomic E-state index is 0.297. The first-order valence-corrected chi connectivity index (χ1v) is 6.21. The molecular formula is C12H23N5O2. The lowest BCUT2D eigenvalue weighted by Gasteiger charge is -2.28. The number of rotatable bonds is 8. The van der Waals surface area contributed by atoms with E-state index in [1.807, 2.05) is 6.07 Å². The fourth-order valence-corrected chi connectivity index (χ4v) is 1.72. The second-order valence-electron chi connectivity index (χ2n) is 4.38. The summed E-state index contributed by atoms with van der Waals surface area (Å²) in [5.41, 5.74) is 2.55. The van der Waals surface area contributed by atoms with Gasteiger partial charge >= 0.3 is 0 Å². The lowest BCUT2D eigenvalue weighted by Crippen LogP contribution is -2.35. The Morgan fingerprint density at radius 1 is 1.32 bits per heavy atom. The van der Waals surface area contributed by atoms with Gasteiger partial charge in [0.1, 0.15) is 18.2 Å². The molecule has 3 N–H and O–H groups in total. The third-order valence-electron chi connectivity index (χ3n) is 2.63. The largest absolute Gasteiger partial charge is 0.383 e. The first kappa shape index (κ1) is 15.6. The Morgan fingerprint density at radius 2 is 2.05 bits per heavy atom. The number of hydrazine groups is 1. The van der Waals surface area contributed by atoms with Gasteiger partial charge in [0.2, 0.25) is 0 Å². The molecule has 0 aliphatic heterocycles. The molecule has 108 valence electrons. The summed E-state index contributed by atoms with van der Waals surface area (Å²) in [5, 5.41) is 0. The van der Waals surface area contributed by atoms with E-state index in [-0.39, 0.29) is 0 Å². The number of hydrogen-bond acceptors (Lipinski definition) is 7. The van der Waals surface area contributed by atoms with Gasteiger partial charge in [-0.05, 0) is 13.8 Å². The summed E-state index contributed by atoms with van der Waals surface area (Å²) in [6, 6.07) is 2.11. The van der Waals surface area contributed by atoms with Crippen molar-refractivity contribution in [3.8, 4) is 0 Å². The Balaban J connectivity index is 3.02. The van der Waals surface area contributed by atoms with Gasteiger partial charge in [0.25, 0.3) is 0 Å². The summed E-state index contributed by atoms with van der Waals surface area (Å²) < 4.78 is 10.2. The zero-order valence-electron chi connectivity index (χ0n) is 12.0. The van der Waals surface area contributed by atoms with Gasteiger partial charge in [0.05, 0.1) is 6.61 Å². The van der Waals surface area contributed by atoms with E-state index in [0.29, 0.717) is 30.9 Å². The van der Waals surface area contributed by atoms with Crippen LogP contribution in [0.2, 0.25) is 0 Å². The van der Waals surface area contributed by atoms with Crippen molar-refractivity contribution in [1.29, 1.82) is 0 Å². The molecule has 0 atom stereocenters. The zero-order chi connectivity index (χ0) is 14.3. The van der Waals surface area contributed by atoms with E-state index < -0.39 is 0 Å². The van der Waals surface area contributed by atoms with Gasteiger partial charge in [-0.2, -0.15) is 0 Å². The maximum atomic E-state index is 5.44. The number of nitrogen functional groups attached to an aromatic ring is 1. The van der Waals surface area contributed by atoms with Crippen LogP contribution < -0.4 is 16.2 Å². The highest BCUT2D eigenvalue weighted by atomic mass is 16.5. The molecule has 0 aliphatic rings. The van der Waals surface area contributed by atoms with Crippen LogP contribution >= 0.6 is 0 Å². The molecule has 7 heteroatoms. The Bertz CT molecular complexity index is 386. The van der Waals surface area contributed by atoms with Crippen LogP contribution in [0, 0.1) is 0 Å². The fraction of sp³-hybridized carbons (Fsp3) is 0.667. The Labute approximate surface area is 114 Å². The molecule has 0 aliphatic carbocycles. The average molecular weight is 269 g/mol. The number of methoxy groups -OCH3 is 2. The highest BCUT2D eigenvalue weighted by Crippen LogP contribution is 2.18. The molecule has 1 heterocycles. The highest BCUT2D eigenvalue weighted by molar-refractivity contribution is 5.49. The molecule has 1 aromatic rings. The van der Waals surface area contributed by atoms with Crippen molar-refractivity contribution < 1.29 is 9.47 Å². The second-order valence-corrected chi connectivity index (χ2v) is 4.38. The topological polar surface area (TPSA) is 85.5 Å². The second kappa shape index (κ2) is 7.88. The third kappa shape index (κ3) is 4.62. The number of anilines is 2. The molecule has 0 radical (unpaired) electrons. The maximum absolute atomic E-state index is 5.44. The summed E-state index contributed by atoms with van der Waals surface area (Å²) in [7, 11) is 3.29. The van der Waals surface area contributed by atoms with Crippen molar-refractivity contribution in [2.45, 2.75) is 26.5 Å². The molecule has 19 heavy (non-hydrogen) atoms. The van der Waals surface area contributed by atoms with Gasteiger partial charge in [-0.3, -0.25) is 0 Å². The van der Waals surface area contributed by atoms with E-state index >= 15 is 0 Å². The number of aromatic nitrogens is 2. The van der Waals surface area contributed by atoms with E-state index in [1.54, 1.807) is 14.2 Å². The van der Waals surface area contributed by atoms with Crippen molar-refractivity contribution in [3.05, 3.63) is 11.9 Å². The summed E-state index contributed by atoms with van der Waals surface area (Å²) in [6.07, 6.45) is 0. The predicted molar refractivity (Wildman–Crippen MR) is 74.9 cm³/mol. The van der Waals surface area contributed by atoms with E-state index in [1.165, 1.54) is 0 Å². The quantitative estimate of drug-likeness (QED) is 0.532. The first-order chi connectivity index (χ1) is 9.12. The molecule has 0 spiro atoms. The predicted octanol–water partition coefficient (Wildman–Crippen LogP) is 0.770. The van der Waals surface area contributed by atoms with Crippen LogP contribution in [0.15, 0.2) is 6.07 Å². The Kier molecular flexibility index (Phi) is 6.48. The van der Waals surface area contributed by atoms with Gasteiger partial charge < -0.3 is 19.8 Å². The lowest BCUT2D eigenvalue weighted by molar-refractivity contribution is 0.178. The number of nitrogens with one attached hydrogen (secondary N) is 1. The molecule has 0 saturated heterocycles. The van der Waals surface area contributed by atoms with Gasteiger partial charge in [0.15, 0.2) is 5.82 Å². The summed E-state index contributed by atoms with van der Waals surface area (Å²) in [4.78, 5) is 10.8. The maximum Gasteiger partial charge on any atom is 0.158 e. The summed E-state index contributed by atoms with van der Waals surface area (Å²) in [6.45, 7) is 5.93. The molecule has 0 unspecified atom stereocenters. The molecule has 7 nitrogen and oxygen atoms in total. The Hall–Kier alpha value is -1.44. The monoisotopic (exact) mass is 269 g/mol. The molecule has 0 aromatic carbocycles. The number of nitrogens with zero attached hydrogens (tertiary/aromatic N) is 3. The van der Waals surface area contributed by atoms with Crippen LogP contribution in [0.3, 0.4) is 0 Å². The lowest BCUT2D eigenvalue weighted by atomic mass is 10.3. The summed E-state index contributed by atoms with van der Waals surface area (Å²) >= 11 is 0. The molecule has 0 amide bonds. The molecule has 0 saturated carbocycles. The van der Waals surface area contributed by atoms with Crippen molar-refractivity contribution >= 4 is 11.6 Å². The number of hydrogen-bond donors (Lipinski definition) is 2. The van der Waals surface area contributed by atoms with Gasteiger partial charge in [-0.25, -0.2) is 15.8 Å². The van der Waals surface area contributed by atoms with Gasteiger partial charge in [-0.1, -0.05) is 0 Å². The average Bonchev–Trinajstić information content (AvgIpc) is 2.39. The van der Waals surface area contributed by atoms with Crippen LogP contribution in [0.25, 0.3) is 0 Å². The molecule has 0 fully saturated rings. The van der Waals surface area contributed by atoms with E-state index in [0.717, 1.165) is 12.4 Å². The molecule has 1 rings (SSSR count). The van der Waals surface area contributed by atoms with Crippen molar-refractivity contribution in [3.63, 3.8) is 0 Å². The van der Waals surface area contributed by atoms with Crippen molar-refractivity contribution in [2.24, 2.45) is 5.84 Å². The van der Waals surface area contributed by atoms with Crippen LogP contribution in [-0.4, -0.2) is 43.4 Å². The number of ether oxygens (including phenoxy) is 2. The van der Waals surface area contributed by atoms with Crippen LogP contribution in [0.4, 0.5) is 11.6 Å². The SMILES string of the molecule is COCCN(c1cc(NN)nc(COC)n1)C(C)C. The zero-order valence-corrected chi connectivity index (χ0v) is 12.0.